The Balaban J connectivity index is 2.79. The standard InChI is InChI=1S/C14H24N2O3/c1-10(11(2)13(18)19)12(17)16(5)9-14(15(3)4)7-6-8-14/h6-9H2,1-5H3,(H,18,19). The van der Waals surface area contributed by atoms with E-state index in [9.17, 15) is 9.59 Å². The van der Waals surface area contributed by atoms with Gasteiger partial charge in [0.25, 0.3) is 0 Å². The molecule has 0 aliphatic heterocycles. The molecule has 5 heteroatoms. The first-order valence-electron chi connectivity index (χ1n) is 6.55. The lowest BCUT2D eigenvalue weighted by atomic mass is 9.75. The summed E-state index contributed by atoms with van der Waals surface area (Å²) in [5.41, 5.74) is 0.481. The first-order chi connectivity index (χ1) is 8.71. The lowest BCUT2D eigenvalue weighted by molar-refractivity contribution is -0.134. The van der Waals surface area contributed by atoms with E-state index in [0.29, 0.717) is 12.1 Å². The Bertz CT molecular complexity index is 409. The number of carboxylic acid groups (broad SMARTS) is 1. The van der Waals surface area contributed by atoms with Crippen molar-refractivity contribution in [3.8, 4) is 0 Å². The third-order valence-electron chi connectivity index (χ3n) is 4.32. The first-order valence-corrected chi connectivity index (χ1v) is 6.55. The Hall–Kier alpha value is -1.36. The van der Waals surface area contributed by atoms with Gasteiger partial charge < -0.3 is 14.9 Å². The van der Waals surface area contributed by atoms with Crippen LogP contribution in [0, 0.1) is 0 Å². The zero-order chi connectivity index (χ0) is 14.8. The van der Waals surface area contributed by atoms with E-state index in [1.54, 1.807) is 18.9 Å². The fraction of sp³-hybridized carbons (Fsp3) is 0.714. The predicted octanol–water partition coefficient (Wildman–Crippen LogP) is 1.35. The molecule has 0 radical (unpaired) electrons. The molecule has 1 N–H and O–H groups in total. The molecule has 0 unspecified atom stereocenters. The minimum Gasteiger partial charge on any atom is -0.478 e. The number of rotatable bonds is 5. The largest absolute Gasteiger partial charge is 0.478 e. The molecule has 0 bridgehead atoms. The molecule has 1 saturated carbocycles. The van der Waals surface area contributed by atoms with Crippen molar-refractivity contribution in [3.63, 3.8) is 0 Å². The van der Waals surface area contributed by atoms with Gasteiger partial charge in [-0.1, -0.05) is 0 Å². The van der Waals surface area contributed by atoms with Gasteiger partial charge in [-0.2, -0.15) is 0 Å². The highest BCUT2D eigenvalue weighted by molar-refractivity contribution is 6.01. The van der Waals surface area contributed by atoms with Crippen LogP contribution in [0.15, 0.2) is 11.1 Å². The lowest BCUT2D eigenvalue weighted by Crippen LogP contribution is -2.57. The molecular weight excluding hydrogens is 244 g/mol. The number of nitrogens with zero attached hydrogens (tertiary/aromatic N) is 2. The summed E-state index contributed by atoms with van der Waals surface area (Å²) in [7, 11) is 5.80. The monoisotopic (exact) mass is 268 g/mol. The second kappa shape index (κ2) is 5.74. The molecule has 0 aromatic heterocycles. The van der Waals surface area contributed by atoms with Crippen molar-refractivity contribution < 1.29 is 14.7 Å². The van der Waals surface area contributed by atoms with Crippen LogP contribution in [0.25, 0.3) is 0 Å². The molecular formula is C14H24N2O3. The van der Waals surface area contributed by atoms with Crippen LogP contribution < -0.4 is 0 Å². The Morgan fingerprint density at radius 1 is 1.11 bits per heavy atom. The Morgan fingerprint density at radius 3 is 1.95 bits per heavy atom. The average molecular weight is 268 g/mol. The molecule has 1 aliphatic rings. The van der Waals surface area contributed by atoms with Crippen molar-refractivity contribution in [2.24, 2.45) is 0 Å². The van der Waals surface area contributed by atoms with Crippen molar-refractivity contribution in [1.29, 1.82) is 0 Å². The molecule has 1 amide bonds. The van der Waals surface area contributed by atoms with E-state index >= 15 is 0 Å². The number of likely N-dealkylation sites (N-methyl/N-ethyl adjacent to an activating group) is 2. The number of aliphatic carboxylic acids is 1. The third kappa shape index (κ3) is 3.15. The van der Waals surface area contributed by atoms with Crippen molar-refractivity contribution in [2.75, 3.05) is 27.7 Å². The normalized spacial score (nSPS) is 18.6. The summed E-state index contributed by atoms with van der Waals surface area (Å²) in [5, 5.41) is 8.92. The molecule has 0 atom stereocenters. The van der Waals surface area contributed by atoms with Gasteiger partial charge in [0, 0.05) is 30.3 Å². The Labute approximate surface area is 114 Å². The van der Waals surface area contributed by atoms with E-state index in [0.717, 1.165) is 12.8 Å². The third-order valence-corrected chi connectivity index (χ3v) is 4.32. The maximum Gasteiger partial charge on any atom is 0.331 e. The van der Waals surface area contributed by atoms with Crippen LogP contribution in [0.3, 0.4) is 0 Å². The Morgan fingerprint density at radius 2 is 1.63 bits per heavy atom. The number of amides is 1. The number of hydrogen-bond acceptors (Lipinski definition) is 3. The van der Waals surface area contributed by atoms with E-state index < -0.39 is 5.97 Å². The summed E-state index contributed by atoms with van der Waals surface area (Å²) in [4.78, 5) is 26.9. The van der Waals surface area contributed by atoms with E-state index in [1.807, 2.05) is 14.1 Å². The quantitative estimate of drug-likeness (QED) is 0.765. The van der Waals surface area contributed by atoms with Crippen LogP contribution in [-0.2, 0) is 9.59 Å². The molecule has 0 aromatic carbocycles. The number of carboxylic acids is 1. The van der Waals surface area contributed by atoms with Crippen LogP contribution in [0.5, 0.6) is 0 Å². The second-order valence-corrected chi connectivity index (χ2v) is 5.69. The fourth-order valence-electron chi connectivity index (χ4n) is 2.45. The van der Waals surface area contributed by atoms with Gasteiger partial charge in [-0.3, -0.25) is 4.79 Å². The number of carbonyl (C=O) groups excluding carboxylic acids is 1. The van der Waals surface area contributed by atoms with Crippen LogP contribution in [-0.4, -0.2) is 60.0 Å². The maximum absolute atomic E-state index is 12.2. The first kappa shape index (κ1) is 15.7. The molecule has 0 heterocycles. The average Bonchev–Trinajstić information content (AvgIpc) is 2.29. The molecule has 1 rings (SSSR count). The van der Waals surface area contributed by atoms with Crippen LogP contribution in [0.4, 0.5) is 0 Å². The summed E-state index contributed by atoms with van der Waals surface area (Å²) < 4.78 is 0. The van der Waals surface area contributed by atoms with Gasteiger partial charge >= 0.3 is 5.97 Å². The maximum atomic E-state index is 12.2. The molecule has 1 aliphatic carbocycles. The summed E-state index contributed by atoms with van der Waals surface area (Å²) in [5.74, 6) is -1.24. The molecule has 0 saturated heterocycles. The van der Waals surface area contributed by atoms with Crippen molar-refractivity contribution in [3.05, 3.63) is 11.1 Å². The topological polar surface area (TPSA) is 60.9 Å². The second-order valence-electron chi connectivity index (χ2n) is 5.69. The molecule has 5 nitrogen and oxygen atoms in total. The summed E-state index contributed by atoms with van der Waals surface area (Å²) in [6.45, 7) is 3.68. The highest BCUT2D eigenvalue weighted by Gasteiger charge is 2.40. The highest BCUT2D eigenvalue weighted by Crippen LogP contribution is 2.36. The highest BCUT2D eigenvalue weighted by atomic mass is 16.4. The van der Waals surface area contributed by atoms with Gasteiger partial charge in [0.2, 0.25) is 5.91 Å². The van der Waals surface area contributed by atoms with Crippen LogP contribution >= 0.6 is 0 Å². The van der Waals surface area contributed by atoms with E-state index in [2.05, 4.69) is 4.90 Å². The minimum absolute atomic E-state index is 0.0574. The van der Waals surface area contributed by atoms with Crippen molar-refractivity contribution >= 4 is 11.9 Å². The molecule has 108 valence electrons. The fourth-order valence-corrected chi connectivity index (χ4v) is 2.45. The number of hydrogen-bond donors (Lipinski definition) is 1. The molecule has 0 aromatic rings. The molecule has 19 heavy (non-hydrogen) atoms. The zero-order valence-electron chi connectivity index (χ0n) is 12.5. The smallest absolute Gasteiger partial charge is 0.331 e. The van der Waals surface area contributed by atoms with E-state index in [-0.39, 0.29) is 17.0 Å². The Kier molecular flexibility index (Phi) is 4.74. The van der Waals surface area contributed by atoms with Gasteiger partial charge in [-0.05, 0) is 47.2 Å². The van der Waals surface area contributed by atoms with Gasteiger partial charge in [0.05, 0.1) is 0 Å². The van der Waals surface area contributed by atoms with Crippen LogP contribution in [0.1, 0.15) is 33.1 Å². The molecule has 0 spiro atoms. The SMILES string of the molecule is CC(C(=O)O)=C(C)C(=O)N(C)CC1(N(C)C)CCC1. The summed E-state index contributed by atoms with van der Waals surface area (Å²) >= 11 is 0. The predicted molar refractivity (Wildman–Crippen MR) is 73.9 cm³/mol. The van der Waals surface area contributed by atoms with Crippen LogP contribution in [0.2, 0.25) is 0 Å². The zero-order valence-corrected chi connectivity index (χ0v) is 12.5. The van der Waals surface area contributed by atoms with E-state index in [1.165, 1.54) is 13.3 Å². The minimum atomic E-state index is -1.04. The van der Waals surface area contributed by atoms with Gasteiger partial charge in [-0.15, -0.1) is 0 Å². The van der Waals surface area contributed by atoms with Gasteiger partial charge in [-0.25, -0.2) is 4.79 Å². The summed E-state index contributed by atoms with van der Waals surface area (Å²) in [6.07, 6.45) is 3.35. The summed E-state index contributed by atoms with van der Waals surface area (Å²) in [6, 6.07) is 0. The molecule has 1 fully saturated rings. The van der Waals surface area contributed by atoms with Crippen molar-refractivity contribution in [1.82, 2.24) is 9.80 Å². The van der Waals surface area contributed by atoms with Gasteiger partial charge in [0.15, 0.2) is 0 Å². The van der Waals surface area contributed by atoms with Gasteiger partial charge in [0.1, 0.15) is 0 Å². The number of carbonyl (C=O) groups is 2. The van der Waals surface area contributed by atoms with Crippen molar-refractivity contribution in [2.45, 2.75) is 38.6 Å². The van der Waals surface area contributed by atoms with E-state index in [4.69, 9.17) is 5.11 Å². The lowest BCUT2D eigenvalue weighted by Gasteiger charge is -2.49.